The number of ether oxygens (including phenoxy) is 1. The minimum absolute atomic E-state index is 0.0427. The van der Waals surface area contributed by atoms with Crippen molar-refractivity contribution in [3.63, 3.8) is 0 Å². The highest BCUT2D eigenvalue weighted by Crippen LogP contribution is 2.15. The fourth-order valence-corrected chi connectivity index (χ4v) is 2.22. The number of piperidine rings is 1. The van der Waals surface area contributed by atoms with Crippen molar-refractivity contribution in [2.75, 3.05) is 13.1 Å². The fraction of sp³-hybridized carbons (Fsp3) is 0.600. The maximum atomic E-state index is 12.0. The van der Waals surface area contributed by atoms with E-state index in [1.165, 1.54) is 12.5 Å². The molecular formula is C15H22N4O3. The van der Waals surface area contributed by atoms with Gasteiger partial charge < -0.3 is 15.0 Å². The maximum absolute atomic E-state index is 12.0. The number of likely N-dealkylation sites (tertiary alicyclic amines) is 1. The summed E-state index contributed by atoms with van der Waals surface area (Å²) in [6, 6.07) is 1.62. The standard InChI is InChI=1S/C15H22N4O3/c1-15(2,3)22-14(21)19-8-5-11(6-9-19)18-13(20)12-4-7-16-10-17-12/h4,7,10-11H,5-6,8-9H2,1-3H3,(H,18,20). The molecule has 2 rings (SSSR count). The number of hydrogen-bond donors (Lipinski definition) is 1. The molecule has 0 bridgehead atoms. The highest BCUT2D eigenvalue weighted by Gasteiger charge is 2.27. The average Bonchev–Trinajstić information content (AvgIpc) is 2.47. The number of nitrogens with zero attached hydrogens (tertiary/aromatic N) is 3. The molecule has 0 unspecified atom stereocenters. The summed E-state index contributed by atoms with van der Waals surface area (Å²) in [6.45, 7) is 6.69. The van der Waals surface area contributed by atoms with Crippen LogP contribution in [0.15, 0.2) is 18.6 Å². The minimum Gasteiger partial charge on any atom is -0.444 e. The van der Waals surface area contributed by atoms with E-state index in [-0.39, 0.29) is 18.0 Å². The van der Waals surface area contributed by atoms with E-state index in [1.807, 2.05) is 20.8 Å². The van der Waals surface area contributed by atoms with Gasteiger partial charge in [0.1, 0.15) is 17.6 Å². The van der Waals surface area contributed by atoms with Gasteiger partial charge >= 0.3 is 6.09 Å². The topological polar surface area (TPSA) is 84.4 Å². The number of hydrogen-bond acceptors (Lipinski definition) is 5. The van der Waals surface area contributed by atoms with E-state index in [4.69, 9.17) is 4.74 Å². The quantitative estimate of drug-likeness (QED) is 0.897. The summed E-state index contributed by atoms with van der Waals surface area (Å²) in [4.78, 5) is 33.4. The Kier molecular flexibility index (Phi) is 4.95. The van der Waals surface area contributed by atoms with Gasteiger partial charge in [-0.2, -0.15) is 0 Å². The smallest absolute Gasteiger partial charge is 0.410 e. The lowest BCUT2D eigenvalue weighted by atomic mass is 10.1. The zero-order valence-corrected chi connectivity index (χ0v) is 13.2. The summed E-state index contributed by atoms with van der Waals surface area (Å²) in [5.74, 6) is -0.210. The molecule has 1 aromatic heterocycles. The summed E-state index contributed by atoms with van der Waals surface area (Å²) in [5.41, 5.74) is -0.139. The van der Waals surface area contributed by atoms with Gasteiger partial charge in [0.15, 0.2) is 0 Å². The zero-order chi connectivity index (χ0) is 16.2. The van der Waals surface area contributed by atoms with Gasteiger partial charge in [0.2, 0.25) is 0 Å². The van der Waals surface area contributed by atoms with Crippen LogP contribution in [0.2, 0.25) is 0 Å². The van der Waals surface area contributed by atoms with Gasteiger partial charge in [0.25, 0.3) is 5.91 Å². The van der Waals surface area contributed by atoms with Gasteiger partial charge in [-0.05, 0) is 39.7 Å². The van der Waals surface area contributed by atoms with Crippen molar-refractivity contribution in [1.82, 2.24) is 20.2 Å². The first-order chi connectivity index (χ1) is 10.3. The molecule has 0 aliphatic carbocycles. The number of carbonyl (C=O) groups excluding carboxylic acids is 2. The van der Waals surface area contributed by atoms with Crippen LogP contribution in [0.4, 0.5) is 4.79 Å². The third-order valence-corrected chi connectivity index (χ3v) is 3.30. The zero-order valence-electron chi connectivity index (χ0n) is 13.2. The Balaban J connectivity index is 1.80. The Hall–Kier alpha value is -2.18. The van der Waals surface area contributed by atoms with Crippen LogP contribution in [0.1, 0.15) is 44.1 Å². The third kappa shape index (κ3) is 4.68. The molecule has 7 nitrogen and oxygen atoms in total. The van der Waals surface area contributed by atoms with Crippen LogP contribution in [0.3, 0.4) is 0 Å². The first kappa shape index (κ1) is 16.2. The van der Waals surface area contributed by atoms with Crippen LogP contribution in [-0.4, -0.2) is 51.6 Å². The molecule has 1 N–H and O–H groups in total. The summed E-state index contributed by atoms with van der Waals surface area (Å²) >= 11 is 0. The van der Waals surface area contributed by atoms with Crippen LogP contribution in [0.5, 0.6) is 0 Å². The van der Waals surface area contributed by atoms with E-state index in [2.05, 4.69) is 15.3 Å². The average molecular weight is 306 g/mol. The molecule has 1 aliphatic rings. The second-order valence-electron chi connectivity index (χ2n) is 6.31. The van der Waals surface area contributed by atoms with Crippen molar-refractivity contribution in [1.29, 1.82) is 0 Å². The van der Waals surface area contributed by atoms with Crippen LogP contribution >= 0.6 is 0 Å². The van der Waals surface area contributed by atoms with Crippen molar-refractivity contribution >= 4 is 12.0 Å². The monoisotopic (exact) mass is 306 g/mol. The van der Waals surface area contributed by atoms with Gasteiger partial charge in [-0.25, -0.2) is 14.8 Å². The van der Waals surface area contributed by atoms with E-state index >= 15 is 0 Å². The highest BCUT2D eigenvalue weighted by molar-refractivity contribution is 5.92. The minimum atomic E-state index is -0.491. The Morgan fingerprint density at radius 3 is 2.55 bits per heavy atom. The number of aromatic nitrogens is 2. The summed E-state index contributed by atoms with van der Waals surface area (Å²) in [5, 5.41) is 2.93. The lowest BCUT2D eigenvalue weighted by Gasteiger charge is -2.33. The second-order valence-corrected chi connectivity index (χ2v) is 6.31. The van der Waals surface area contributed by atoms with Gasteiger partial charge in [-0.3, -0.25) is 4.79 Å². The van der Waals surface area contributed by atoms with Gasteiger partial charge in [-0.1, -0.05) is 0 Å². The van der Waals surface area contributed by atoms with Crippen molar-refractivity contribution in [3.05, 3.63) is 24.3 Å². The normalized spacial score (nSPS) is 16.2. The van der Waals surface area contributed by atoms with E-state index in [9.17, 15) is 9.59 Å². The predicted octanol–water partition coefficient (Wildman–Crippen LogP) is 1.61. The van der Waals surface area contributed by atoms with Crippen molar-refractivity contribution in [2.24, 2.45) is 0 Å². The molecular weight excluding hydrogens is 284 g/mol. The summed E-state index contributed by atoms with van der Waals surface area (Å²) in [7, 11) is 0. The first-order valence-corrected chi connectivity index (χ1v) is 7.40. The van der Waals surface area contributed by atoms with Crippen LogP contribution in [-0.2, 0) is 4.74 Å². The third-order valence-electron chi connectivity index (χ3n) is 3.30. The highest BCUT2D eigenvalue weighted by atomic mass is 16.6. The Bertz CT molecular complexity index is 519. The van der Waals surface area contributed by atoms with Gasteiger partial charge in [0, 0.05) is 25.3 Å². The van der Waals surface area contributed by atoms with E-state index in [0.29, 0.717) is 31.6 Å². The second kappa shape index (κ2) is 6.72. The molecule has 0 aromatic carbocycles. The van der Waals surface area contributed by atoms with E-state index in [0.717, 1.165) is 0 Å². The molecule has 0 spiro atoms. The summed E-state index contributed by atoms with van der Waals surface area (Å²) in [6.07, 6.45) is 3.99. The molecule has 0 radical (unpaired) electrons. The molecule has 1 fully saturated rings. The largest absolute Gasteiger partial charge is 0.444 e. The lowest BCUT2D eigenvalue weighted by Crippen LogP contribution is -2.47. The first-order valence-electron chi connectivity index (χ1n) is 7.40. The van der Waals surface area contributed by atoms with Gasteiger partial charge in [0.05, 0.1) is 0 Å². The number of carbonyl (C=O) groups is 2. The Morgan fingerprint density at radius 1 is 1.32 bits per heavy atom. The number of rotatable bonds is 2. The van der Waals surface area contributed by atoms with Crippen molar-refractivity contribution in [2.45, 2.75) is 45.3 Å². The Labute approximate surface area is 130 Å². The van der Waals surface area contributed by atoms with Gasteiger partial charge in [-0.15, -0.1) is 0 Å². The predicted molar refractivity (Wildman–Crippen MR) is 80.3 cm³/mol. The molecule has 1 aromatic rings. The number of nitrogens with one attached hydrogen (secondary N) is 1. The Morgan fingerprint density at radius 2 is 2.00 bits per heavy atom. The van der Waals surface area contributed by atoms with Crippen molar-refractivity contribution in [3.8, 4) is 0 Å². The molecule has 0 saturated carbocycles. The molecule has 22 heavy (non-hydrogen) atoms. The number of amides is 2. The van der Waals surface area contributed by atoms with Crippen LogP contribution < -0.4 is 5.32 Å². The fourth-order valence-electron chi connectivity index (χ4n) is 2.22. The van der Waals surface area contributed by atoms with Crippen LogP contribution in [0, 0.1) is 0 Å². The maximum Gasteiger partial charge on any atom is 0.410 e. The molecule has 0 atom stereocenters. The van der Waals surface area contributed by atoms with Crippen molar-refractivity contribution < 1.29 is 14.3 Å². The molecule has 2 heterocycles. The SMILES string of the molecule is CC(C)(C)OC(=O)N1CCC(NC(=O)c2ccncn2)CC1. The molecule has 120 valence electrons. The molecule has 1 aliphatic heterocycles. The van der Waals surface area contributed by atoms with E-state index < -0.39 is 5.60 Å². The molecule has 1 saturated heterocycles. The summed E-state index contributed by atoms with van der Waals surface area (Å²) < 4.78 is 5.35. The molecule has 2 amide bonds. The van der Waals surface area contributed by atoms with E-state index in [1.54, 1.807) is 11.0 Å². The van der Waals surface area contributed by atoms with Crippen LogP contribution in [0.25, 0.3) is 0 Å². The molecule has 7 heteroatoms. The lowest BCUT2D eigenvalue weighted by molar-refractivity contribution is 0.0199.